The molecule has 1 amide bonds. The highest BCUT2D eigenvalue weighted by atomic mass is 32.2. The Morgan fingerprint density at radius 2 is 2.10 bits per heavy atom. The van der Waals surface area contributed by atoms with Gasteiger partial charge < -0.3 is 10.4 Å². The fourth-order valence-electron chi connectivity index (χ4n) is 1.43. The molecule has 0 bridgehead atoms. The van der Waals surface area contributed by atoms with E-state index in [4.69, 9.17) is 5.11 Å². The van der Waals surface area contributed by atoms with Gasteiger partial charge in [-0.1, -0.05) is 0 Å². The van der Waals surface area contributed by atoms with Crippen LogP contribution in [0.3, 0.4) is 0 Å². The van der Waals surface area contributed by atoms with Crippen LogP contribution in [0.4, 0.5) is 0 Å². The third kappa shape index (κ3) is 5.92. The van der Waals surface area contributed by atoms with E-state index in [0.29, 0.717) is 0 Å². The highest BCUT2D eigenvalue weighted by Crippen LogP contribution is 2.06. The van der Waals surface area contributed by atoms with E-state index in [0.717, 1.165) is 6.20 Å². The Morgan fingerprint density at radius 1 is 1.43 bits per heavy atom. The molecule has 1 aromatic rings. The van der Waals surface area contributed by atoms with E-state index >= 15 is 0 Å². The van der Waals surface area contributed by atoms with Crippen LogP contribution in [0, 0.1) is 0 Å². The van der Waals surface area contributed by atoms with E-state index in [9.17, 15) is 18.0 Å². The lowest BCUT2D eigenvalue weighted by Crippen LogP contribution is -2.39. The van der Waals surface area contributed by atoms with Crippen LogP contribution in [-0.2, 0) is 26.2 Å². The first kappa shape index (κ1) is 17.1. The fourth-order valence-corrected chi connectivity index (χ4v) is 2.37. The van der Waals surface area contributed by atoms with Crippen molar-refractivity contribution in [2.45, 2.75) is 37.8 Å². The van der Waals surface area contributed by atoms with Crippen LogP contribution in [-0.4, -0.2) is 47.8 Å². The largest absolute Gasteiger partial charge is 0.481 e. The minimum atomic E-state index is -3.85. The van der Waals surface area contributed by atoms with Gasteiger partial charge in [-0.05, 0) is 13.8 Å². The molecule has 1 heterocycles. The number of aliphatic carboxylic acids is 1. The van der Waals surface area contributed by atoms with E-state index in [1.165, 1.54) is 10.9 Å². The zero-order valence-electron chi connectivity index (χ0n) is 11.7. The van der Waals surface area contributed by atoms with Gasteiger partial charge in [0.15, 0.2) is 0 Å². The predicted octanol–water partition coefficient (Wildman–Crippen LogP) is -0.839. The Kier molecular flexibility index (Phi) is 5.85. The Balaban J connectivity index is 2.62. The van der Waals surface area contributed by atoms with Gasteiger partial charge in [0.05, 0.1) is 25.7 Å². The first-order valence-corrected chi connectivity index (χ1v) is 7.72. The second-order valence-corrected chi connectivity index (χ2v) is 6.40. The van der Waals surface area contributed by atoms with E-state index in [2.05, 4.69) is 15.1 Å². The molecule has 0 fully saturated rings. The summed E-state index contributed by atoms with van der Waals surface area (Å²) in [6.45, 7) is 3.22. The number of aromatic nitrogens is 2. The number of nitrogens with one attached hydrogen (secondary N) is 2. The number of aryl methyl sites for hydroxylation is 1. The molecule has 0 aromatic carbocycles. The summed E-state index contributed by atoms with van der Waals surface area (Å²) in [5.74, 6) is -1.44. The molecule has 0 aliphatic heterocycles. The third-order valence-corrected chi connectivity index (χ3v) is 3.70. The molecule has 21 heavy (non-hydrogen) atoms. The lowest BCUT2D eigenvalue weighted by molar-refractivity contribution is -0.137. The molecule has 0 unspecified atom stereocenters. The summed E-state index contributed by atoms with van der Waals surface area (Å²) in [4.78, 5) is 21.7. The molecule has 118 valence electrons. The zero-order chi connectivity index (χ0) is 16.0. The van der Waals surface area contributed by atoms with Crippen molar-refractivity contribution in [3.8, 4) is 0 Å². The van der Waals surface area contributed by atoms with Crippen LogP contribution in [0.25, 0.3) is 0 Å². The molecule has 0 saturated heterocycles. The summed E-state index contributed by atoms with van der Waals surface area (Å²) in [5.41, 5.74) is 0. The summed E-state index contributed by atoms with van der Waals surface area (Å²) in [6.07, 6.45) is 2.15. The maximum Gasteiger partial charge on any atom is 0.305 e. The molecule has 0 saturated carbocycles. The fraction of sp³-hybridized carbons (Fsp3) is 0.545. The van der Waals surface area contributed by atoms with Gasteiger partial charge in [0, 0.05) is 12.2 Å². The Bertz CT molecular complexity index is 608. The molecule has 0 atom stereocenters. The SMILES string of the molecule is CC(C)NC(=O)CNS(=O)(=O)c1cnn(CCC(=O)O)c1. The highest BCUT2D eigenvalue weighted by Gasteiger charge is 2.18. The first-order valence-electron chi connectivity index (χ1n) is 6.24. The second-order valence-electron chi connectivity index (χ2n) is 4.63. The number of carbonyl (C=O) groups is 2. The standard InChI is InChI=1S/C11H18N4O5S/c1-8(2)14-10(16)6-13-21(19,20)9-5-12-15(7-9)4-3-11(17)18/h5,7-8,13H,3-4,6H2,1-2H3,(H,14,16)(H,17,18). The molecule has 1 aromatic heterocycles. The summed E-state index contributed by atoms with van der Waals surface area (Å²) in [5, 5.41) is 14.9. The Labute approximate surface area is 122 Å². The number of carboxylic acid groups (broad SMARTS) is 1. The van der Waals surface area contributed by atoms with Crippen LogP contribution >= 0.6 is 0 Å². The molecule has 0 aliphatic rings. The summed E-state index contributed by atoms with van der Waals surface area (Å²) >= 11 is 0. The van der Waals surface area contributed by atoms with Crippen molar-refractivity contribution in [1.29, 1.82) is 0 Å². The Hall–Kier alpha value is -1.94. The molecule has 0 radical (unpaired) electrons. The van der Waals surface area contributed by atoms with Crippen LogP contribution in [0.15, 0.2) is 17.3 Å². The number of hydrogen-bond acceptors (Lipinski definition) is 5. The first-order chi connectivity index (χ1) is 9.70. The van der Waals surface area contributed by atoms with Crippen LogP contribution in [0.1, 0.15) is 20.3 Å². The lowest BCUT2D eigenvalue weighted by atomic mass is 10.4. The molecule has 3 N–H and O–H groups in total. The third-order valence-electron chi connectivity index (χ3n) is 2.35. The van der Waals surface area contributed by atoms with E-state index in [1.54, 1.807) is 13.8 Å². The Morgan fingerprint density at radius 3 is 2.67 bits per heavy atom. The van der Waals surface area contributed by atoms with Gasteiger partial charge in [0.2, 0.25) is 15.9 Å². The monoisotopic (exact) mass is 318 g/mol. The second kappa shape index (κ2) is 7.18. The number of amides is 1. The van der Waals surface area contributed by atoms with E-state index < -0.39 is 21.9 Å². The topological polar surface area (TPSA) is 130 Å². The van der Waals surface area contributed by atoms with Gasteiger partial charge in [-0.15, -0.1) is 0 Å². The molecule has 10 heteroatoms. The van der Waals surface area contributed by atoms with Crippen LogP contribution in [0.2, 0.25) is 0 Å². The molecule has 9 nitrogen and oxygen atoms in total. The number of hydrogen-bond donors (Lipinski definition) is 3. The van der Waals surface area contributed by atoms with Gasteiger partial charge in [0.25, 0.3) is 0 Å². The van der Waals surface area contributed by atoms with Crippen molar-refractivity contribution in [3.05, 3.63) is 12.4 Å². The van der Waals surface area contributed by atoms with Gasteiger partial charge in [-0.25, -0.2) is 13.1 Å². The van der Waals surface area contributed by atoms with Gasteiger partial charge in [-0.2, -0.15) is 5.10 Å². The van der Waals surface area contributed by atoms with Crippen molar-refractivity contribution in [2.24, 2.45) is 0 Å². The average molecular weight is 318 g/mol. The quantitative estimate of drug-likeness (QED) is 0.573. The van der Waals surface area contributed by atoms with E-state index in [-0.39, 0.29) is 30.4 Å². The highest BCUT2D eigenvalue weighted by molar-refractivity contribution is 7.89. The average Bonchev–Trinajstić information content (AvgIpc) is 2.83. The number of carboxylic acids is 1. The van der Waals surface area contributed by atoms with Crippen molar-refractivity contribution >= 4 is 21.9 Å². The molecule has 1 rings (SSSR count). The van der Waals surface area contributed by atoms with Gasteiger partial charge >= 0.3 is 5.97 Å². The molecular weight excluding hydrogens is 300 g/mol. The smallest absolute Gasteiger partial charge is 0.305 e. The normalized spacial score (nSPS) is 11.6. The summed E-state index contributed by atoms with van der Waals surface area (Å²) < 4.78 is 27.2. The lowest BCUT2D eigenvalue weighted by Gasteiger charge is -2.08. The summed E-state index contributed by atoms with van der Waals surface area (Å²) in [6, 6.07) is -0.0826. The van der Waals surface area contributed by atoms with E-state index in [1.807, 2.05) is 0 Å². The molecule has 0 aliphatic carbocycles. The summed E-state index contributed by atoms with van der Waals surface area (Å²) in [7, 11) is -3.85. The predicted molar refractivity (Wildman–Crippen MR) is 72.9 cm³/mol. The number of nitrogens with zero attached hydrogens (tertiary/aromatic N) is 2. The van der Waals surface area contributed by atoms with Crippen molar-refractivity contribution in [3.63, 3.8) is 0 Å². The zero-order valence-corrected chi connectivity index (χ0v) is 12.6. The van der Waals surface area contributed by atoms with Crippen LogP contribution < -0.4 is 10.0 Å². The number of sulfonamides is 1. The van der Waals surface area contributed by atoms with Crippen molar-refractivity contribution < 1.29 is 23.1 Å². The maximum atomic E-state index is 11.9. The van der Waals surface area contributed by atoms with Gasteiger partial charge in [0.1, 0.15) is 4.90 Å². The number of rotatable bonds is 8. The minimum Gasteiger partial charge on any atom is -0.481 e. The minimum absolute atomic E-state index is 0.0681. The van der Waals surface area contributed by atoms with Crippen molar-refractivity contribution in [2.75, 3.05) is 6.54 Å². The number of carbonyl (C=O) groups excluding carboxylic acids is 1. The van der Waals surface area contributed by atoms with Crippen LogP contribution in [0.5, 0.6) is 0 Å². The molecular formula is C11H18N4O5S. The maximum absolute atomic E-state index is 11.9. The van der Waals surface area contributed by atoms with Gasteiger partial charge in [-0.3, -0.25) is 14.3 Å². The molecule has 0 spiro atoms. The van der Waals surface area contributed by atoms with Crippen molar-refractivity contribution in [1.82, 2.24) is 19.8 Å².